The molecule has 2 rings (SSSR count). The normalized spacial score (nSPS) is 9.50. The summed E-state index contributed by atoms with van der Waals surface area (Å²) >= 11 is 8.95. The van der Waals surface area contributed by atoms with Gasteiger partial charge in [-0.15, -0.1) is 0 Å². The smallest absolute Gasteiger partial charge is 0.168 e. The van der Waals surface area contributed by atoms with Crippen molar-refractivity contribution in [3.8, 4) is 0 Å². The van der Waals surface area contributed by atoms with E-state index in [2.05, 4.69) is 35.1 Å². The molecule has 0 aromatic heterocycles. The number of anilines is 2. The molecule has 0 heterocycles. The molecule has 0 bridgehead atoms. The van der Waals surface area contributed by atoms with Gasteiger partial charge in [-0.1, -0.05) is 0 Å². The first-order chi connectivity index (χ1) is 11.2. The largest absolute Gasteiger partial charge is 0.376 e. The monoisotopic (exact) mass is 376 g/mol. The van der Waals surface area contributed by atoms with Crippen LogP contribution in [0.25, 0.3) is 0 Å². The summed E-state index contributed by atoms with van der Waals surface area (Å²) in [7, 11) is 0. The summed E-state index contributed by atoms with van der Waals surface area (Å²) in [4.78, 5) is 0. The van der Waals surface area contributed by atoms with Crippen LogP contribution in [0.15, 0.2) is 36.4 Å². The Balaban J connectivity index is 0.000000240. The van der Waals surface area contributed by atoms with Crippen molar-refractivity contribution in [2.45, 2.75) is 0 Å². The van der Waals surface area contributed by atoms with Gasteiger partial charge in [-0.2, -0.15) is 0 Å². The highest BCUT2D eigenvalue weighted by atomic mass is 32.1. The molecule has 24 heavy (non-hydrogen) atoms. The molecule has 0 atom stereocenters. The zero-order chi connectivity index (χ0) is 18.3. The summed E-state index contributed by atoms with van der Waals surface area (Å²) in [6.07, 6.45) is 0. The second-order valence-corrected chi connectivity index (χ2v) is 5.11. The molecule has 6 N–H and O–H groups in total. The molecule has 4 nitrogen and oxygen atoms in total. The quantitative estimate of drug-likeness (QED) is 0.476. The Morgan fingerprint density at radius 2 is 1.04 bits per heavy atom. The van der Waals surface area contributed by atoms with Crippen LogP contribution in [-0.4, -0.2) is 10.2 Å². The number of hydrogen-bond acceptors (Lipinski definition) is 2. The Morgan fingerprint density at radius 1 is 0.708 bits per heavy atom. The third-order valence-corrected chi connectivity index (χ3v) is 2.58. The highest BCUT2D eigenvalue weighted by molar-refractivity contribution is 7.80. The van der Waals surface area contributed by atoms with Crippen LogP contribution in [0.1, 0.15) is 0 Å². The number of nitrogens with two attached hydrogens (primary N) is 2. The van der Waals surface area contributed by atoms with Gasteiger partial charge in [0.25, 0.3) is 0 Å². The summed E-state index contributed by atoms with van der Waals surface area (Å²) in [5, 5.41) is 4.63. The van der Waals surface area contributed by atoms with Gasteiger partial charge in [0, 0.05) is 12.1 Å². The predicted molar refractivity (Wildman–Crippen MR) is 93.5 cm³/mol. The van der Waals surface area contributed by atoms with Crippen molar-refractivity contribution < 1.29 is 17.6 Å². The molecule has 0 aliphatic carbocycles. The molecule has 0 fully saturated rings. The third-order valence-electron chi connectivity index (χ3n) is 2.38. The highest BCUT2D eigenvalue weighted by Crippen LogP contribution is 2.15. The van der Waals surface area contributed by atoms with Gasteiger partial charge in [0.05, 0.1) is 11.4 Å². The van der Waals surface area contributed by atoms with Crippen LogP contribution in [0.4, 0.5) is 28.9 Å². The average Bonchev–Trinajstić information content (AvgIpc) is 2.45. The number of halogens is 4. The lowest BCUT2D eigenvalue weighted by molar-refractivity contribution is 0.585. The predicted octanol–water partition coefficient (Wildman–Crippen LogP) is 3.24. The number of thiocarbonyl (C=S) groups is 2. The molecule has 0 spiro atoms. The number of hydrogen-bond donors (Lipinski definition) is 4. The van der Waals surface area contributed by atoms with Crippen molar-refractivity contribution in [3.63, 3.8) is 0 Å². The minimum absolute atomic E-state index is 0.0551. The van der Waals surface area contributed by atoms with E-state index in [4.69, 9.17) is 11.5 Å². The van der Waals surface area contributed by atoms with E-state index in [-0.39, 0.29) is 21.6 Å². The van der Waals surface area contributed by atoms with Crippen molar-refractivity contribution >= 4 is 46.0 Å². The molecule has 0 saturated carbocycles. The SMILES string of the molecule is NC(=S)Nc1ccc(F)cc1F.NC(=S)Nc1ccc(F)cc1F. The maximum absolute atomic E-state index is 12.8. The molecule has 10 heteroatoms. The van der Waals surface area contributed by atoms with Crippen LogP contribution in [0.2, 0.25) is 0 Å². The van der Waals surface area contributed by atoms with Crippen LogP contribution in [0, 0.1) is 23.3 Å². The minimum Gasteiger partial charge on any atom is -0.376 e. The molecule has 0 radical (unpaired) electrons. The van der Waals surface area contributed by atoms with Gasteiger partial charge in [0.2, 0.25) is 0 Å². The Labute approximate surface area is 145 Å². The Morgan fingerprint density at radius 3 is 1.29 bits per heavy atom. The first kappa shape index (κ1) is 19.6. The number of nitrogens with one attached hydrogen (secondary N) is 2. The fourth-order valence-corrected chi connectivity index (χ4v) is 1.67. The van der Waals surface area contributed by atoms with E-state index in [0.717, 1.165) is 24.3 Å². The van der Waals surface area contributed by atoms with E-state index in [9.17, 15) is 17.6 Å². The van der Waals surface area contributed by atoms with Gasteiger partial charge in [-0.05, 0) is 48.7 Å². The molecule has 0 amide bonds. The van der Waals surface area contributed by atoms with Gasteiger partial charge in [0.1, 0.15) is 23.3 Å². The average molecular weight is 376 g/mol. The minimum atomic E-state index is -0.720. The maximum Gasteiger partial charge on any atom is 0.168 e. The lowest BCUT2D eigenvalue weighted by Crippen LogP contribution is -2.19. The second kappa shape index (κ2) is 8.99. The summed E-state index contributed by atoms with van der Waals surface area (Å²) in [6, 6.07) is 6.18. The zero-order valence-corrected chi connectivity index (χ0v) is 13.6. The topological polar surface area (TPSA) is 76.1 Å². The van der Waals surface area contributed by atoms with E-state index in [1.54, 1.807) is 0 Å². The fraction of sp³-hybridized carbons (Fsp3) is 0. The number of benzene rings is 2. The molecule has 0 saturated heterocycles. The third kappa shape index (κ3) is 6.75. The molecule has 0 aliphatic rings. The van der Waals surface area contributed by atoms with Gasteiger partial charge in [-0.3, -0.25) is 0 Å². The van der Waals surface area contributed by atoms with Crippen LogP contribution in [-0.2, 0) is 0 Å². The summed E-state index contributed by atoms with van der Waals surface area (Å²) < 4.78 is 50.3. The van der Waals surface area contributed by atoms with Crippen LogP contribution in [0.3, 0.4) is 0 Å². The molecule has 2 aromatic rings. The maximum atomic E-state index is 12.8. The molecule has 128 valence electrons. The van der Waals surface area contributed by atoms with Gasteiger partial charge < -0.3 is 22.1 Å². The zero-order valence-electron chi connectivity index (χ0n) is 11.9. The van der Waals surface area contributed by atoms with Crippen molar-refractivity contribution in [3.05, 3.63) is 59.7 Å². The first-order valence-electron chi connectivity index (χ1n) is 6.22. The summed E-state index contributed by atoms with van der Waals surface area (Å²) in [6.45, 7) is 0. The Hall–Kier alpha value is -2.46. The van der Waals surface area contributed by atoms with Crippen molar-refractivity contribution in [1.29, 1.82) is 0 Å². The van der Waals surface area contributed by atoms with E-state index >= 15 is 0 Å². The molecular formula is C14H12F4N4S2. The van der Waals surface area contributed by atoms with Crippen molar-refractivity contribution in [2.24, 2.45) is 11.5 Å². The Bertz CT molecular complexity index is 692. The molecule has 0 aliphatic heterocycles. The molecule has 0 unspecified atom stereocenters. The molecule has 2 aromatic carbocycles. The second-order valence-electron chi connectivity index (χ2n) is 4.23. The highest BCUT2D eigenvalue weighted by Gasteiger charge is 2.03. The van der Waals surface area contributed by atoms with E-state index < -0.39 is 23.3 Å². The summed E-state index contributed by atoms with van der Waals surface area (Å²) in [5.74, 6) is -2.72. The van der Waals surface area contributed by atoms with Crippen LogP contribution in [0.5, 0.6) is 0 Å². The van der Waals surface area contributed by atoms with Gasteiger partial charge >= 0.3 is 0 Å². The lowest BCUT2D eigenvalue weighted by Gasteiger charge is -2.03. The lowest BCUT2D eigenvalue weighted by atomic mass is 10.3. The van der Waals surface area contributed by atoms with Crippen LogP contribution < -0.4 is 22.1 Å². The van der Waals surface area contributed by atoms with Crippen molar-refractivity contribution in [2.75, 3.05) is 10.6 Å². The van der Waals surface area contributed by atoms with Crippen LogP contribution >= 0.6 is 24.4 Å². The van der Waals surface area contributed by atoms with E-state index in [1.807, 2.05) is 0 Å². The number of rotatable bonds is 2. The standard InChI is InChI=1S/2C7H6F2N2S/c2*8-4-1-2-6(5(9)3-4)11-7(10)12/h2*1-3H,(H3,10,11,12). The first-order valence-corrected chi connectivity index (χ1v) is 7.03. The van der Waals surface area contributed by atoms with Gasteiger partial charge in [0.15, 0.2) is 10.2 Å². The molecular weight excluding hydrogens is 364 g/mol. The fourth-order valence-electron chi connectivity index (χ4n) is 1.45. The Kier molecular flexibility index (Phi) is 7.33. The van der Waals surface area contributed by atoms with E-state index in [1.165, 1.54) is 12.1 Å². The van der Waals surface area contributed by atoms with Gasteiger partial charge in [-0.25, -0.2) is 17.6 Å². The van der Waals surface area contributed by atoms with Crippen molar-refractivity contribution in [1.82, 2.24) is 0 Å². The van der Waals surface area contributed by atoms with E-state index in [0.29, 0.717) is 0 Å². The summed E-state index contributed by atoms with van der Waals surface area (Å²) in [5.41, 5.74) is 10.3.